The Bertz CT molecular complexity index is 981. The SMILES string of the molecule is Fc1ccc2[nH]cc(CCCN[C@@H]3COc4ccc5c(c4C3)CNC5)c2c1. The molecular formula is C22H24FN3O. The van der Waals surface area contributed by atoms with E-state index in [2.05, 4.69) is 27.8 Å². The summed E-state index contributed by atoms with van der Waals surface area (Å²) in [5, 5.41) is 8.07. The molecule has 0 saturated carbocycles. The summed E-state index contributed by atoms with van der Waals surface area (Å²) in [5.74, 6) is 0.873. The molecule has 5 heteroatoms. The van der Waals surface area contributed by atoms with Gasteiger partial charge in [-0.25, -0.2) is 4.39 Å². The maximum Gasteiger partial charge on any atom is 0.123 e. The molecule has 27 heavy (non-hydrogen) atoms. The van der Waals surface area contributed by atoms with Crippen LogP contribution in [0.1, 0.15) is 28.7 Å². The van der Waals surface area contributed by atoms with Crippen LogP contribution >= 0.6 is 0 Å². The van der Waals surface area contributed by atoms with Crippen LogP contribution in [-0.2, 0) is 25.9 Å². The molecule has 0 bridgehead atoms. The number of hydrogen-bond acceptors (Lipinski definition) is 3. The van der Waals surface area contributed by atoms with E-state index in [0.717, 1.165) is 62.2 Å². The second kappa shape index (κ2) is 6.98. The van der Waals surface area contributed by atoms with Crippen molar-refractivity contribution in [1.29, 1.82) is 0 Å². The lowest BCUT2D eigenvalue weighted by atomic mass is 9.95. The predicted molar refractivity (Wildman–Crippen MR) is 105 cm³/mol. The average molecular weight is 365 g/mol. The van der Waals surface area contributed by atoms with E-state index in [1.54, 1.807) is 12.1 Å². The van der Waals surface area contributed by atoms with Gasteiger partial charge in [-0.05, 0) is 66.8 Å². The van der Waals surface area contributed by atoms with Crippen molar-refractivity contribution in [3.8, 4) is 5.75 Å². The second-order valence-corrected chi connectivity index (χ2v) is 7.56. The smallest absolute Gasteiger partial charge is 0.123 e. The molecule has 0 fully saturated rings. The van der Waals surface area contributed by atoms with E-state index in [-0.39, 0.29) is 5.82 Å². The highest BCUT2D eigenvalue weighted by atomic mass is 19.1. The normalized spacial score (nSPS) is 18.3. The summed E-state index contributed by atoms with van der Waals surface area (Å²) in [6, 6.07) is 9.58. The van der Waals surface area contributed by atoms with Crippen LogP contribution in [0.4, 0.5) is 4.39 Å². The highest BCUT2D eigenvalue weighted by Crippen LogP contribution is 2.32. The van der Waals surface area contributed by atoms with Crippen molar-refractivity contribution in [3.05, 3.63) is 64.6 Å². The zero-order valence-corrected chi connectivity index (χ0v) is 15.3. The van der Waals surface area contributed by atoms with Crippen molar-refractivity contribution in [2.45, 2.75) is 38.4 Å². The molecule has 2 aliphatic rings. The van der Waals surface area contributed by atoms with Crippen molar-refractivity contribution in [2.24, 2.45) is 0 Å². The molecule has 0 spiro atoms. The number of aromatic amines is 1. The Kier molecular flexibility index (Phi) is 4.34. The largest absolute Gasteiger partial charge is 0.492 e. The molecule has 2 aromatic carbocycles. The van der Waals surface area contributed by atoms with Crippen LogP contribution < -0.4 is 15.4 Å². The maximum atomic E-state index is 13.5. The number of fused-ring (bicyclic) bond motifs is 4. The monoisotopic (exact) mass is 365 g/mol. The number of ether oxygens (including phenoxy) is 1. The summed E-state index contributed by atoms with van der Waals surface area (Å²) in [6.07, 6.45) is 4.97. The summed E-state index contributed by atoms with van der Waals surface area (Å²) in [7, 11) is 0. The highest BCUT2D eigenvalue weighted by Gasteiger charge is 2.25. The second-order valence-electron chi connectivity index (χ2n) is 7.56. The number of aromatic nitrogens is 1. The van der Waals surface area contributed by atoms with Crippen LogP contribution in [0.25, 0.3) is 10.9 Å². The number of H-pyrrole nitrogens is 1. The first-order chi connectivity index (χ1) is 13.3. The van der Waals surface area contributed by atoms with Crippen molar-refractivity contribution >= 4 is 10.9 Å². The third-order valence-corrected chi connectivity index (χ3v) is 5.78. The third kappa shape index (κ3) is 3.22. The summed E-state index contributed by atoms with van der Waals surface area (Å²) in [4.78, 5) is 3.23. The average Bonchev–Trinajstić information content (AvgIpc) is 3.32. The molecule has 0 unspecified atom stereocenters. The van der Waals surface area contributed by atoms with Gasteiger partial charge in [0.05, 0.1) is 0 Å². The molecule has 1 atom stereocenters. The first-order valence-corrected chi connectivity index (χ1v) is 9.74. The van der Waals surface area contributed by atoms with Gasteiger partial charge in [0.15, 0.2) is 0 Å². The van der Waals surface area contributed by atoms with Gasteiger partial charge in [-0.3, -0.25) is 0 Å². The minimum absolute atomic E-state index is 0.179. The fraction of sp³-hybridized carbons (Fsp3) is 0.364. The van der Waals surface area contributed by atoms with Crippen molar-refractivity contribution in [3.63, 3.8) is 0 Å². The summed E-state index contributed by atoms with van der Waals surface area (Å²) < 4.78 is 19.5. The van der Waals surface area contributed by atoms with Crippen LogP contribution in [0.2, 0.25) is 0 Å². The molecule has 0 saturated heterocycles. The minimum Gasteiger partial charge on any atom is -0.492 e. The molecule has 4 nitrogen and oxygen atoms in total. The van der Waals surface area contributed by atoms with E-state index >= 15 is 0 Å². The quantitative estimate of drug-likeness (QED) is 0.607. The minimum atomic E-state index is -0.179. The van der Waals surface area contributed by atoms with E-state index in [9.17, 15) is 4.39 Å². The summed E-state index contributed by atoms with van der Waals surface area (Å²) in [6.45, 7) is 3.56. The molecular weight excluding hydrogens is 341 g/mol. The molecule has 3 aromatic rings. The number of benzene rings is 2. The topological polar surface area (TPSA) is 49.1 Å². The van der Waals surface area contributed by atoms with Gasteiger partial charge in [0.25, 0.3) is 0 Å². The number of nitrogens with one attached hydrogen (secondary N) is 3. The third-order valence-electron chi connectivity index (χ3n) is 5.78. The van der Waals surface area contributed by atoms with E-state index in [4.69, 9.17) is 4.74 Å². The van der Waals surface area contributed by atoms with E-state index in [1.165, 1.54) is 28.3 Å². The van der Waals surface area contributed by atoms with E-state index < -0.39 is 0 Å². The molecule has 5 rings (SSSR count). The fourth-order valence-corrected chi connectivity index (χ4v) is 4.36. The lowest BCUT2D eigenvalue weighted by Crippen LogP contribution is -2.40. The van der Waals surface area contributed by atoms with Crippen molar-refractivity contribution < 1.29 is 9.13 Å². The molecule has 3 N–H and O–H groups in total. The molecule has 2 aliphatic heterocycles. The Morgan fingerprint density at radius 2 is 2.11 bits per heavy atom. The van der Waals surface area contributed by atoms with Crippen LogP contribution in [0, 0.1) is 5.82 Å². The lowest BCUT2D eigenvalue weighted by molar-refractivity contribution is 0.238. The molecule has 0 radical (unpaired) electrons. The van der Waals surface area contributed by atoms with Gasteiger partial charge in [-0.15, -0.1) is 0 Å². The maximum absolute atomic E-state index is 13.5. The van der Waals surface area contributed by atoms with Gasteiger partial charge in [0.1, 0.15) is 18.2 Å². The molecule has 0 aliphatic carbocycles. The molecule has 140 valence electrons. The standard InChI is InChI=1S/C22H24FN3O/c23-16-4-5-21-18(8-16)14(11-26-21)2-1-7-25-17-9-19-20-12-24-10-15(20)3-6-22(19)27-13-17/h3-6,8,11,17,24-26H,1-2,7,9-10,12-13H2/t17-/m0/s1. The highest BCUT2D eigenvalue weighted by molar-refractivity contribution is 5.83. The van der Waals surface area contributed by atoms with Crippen LogP contribution in [-0.4, -0.2) is 24.2 Å². The molecule has 1 aromatic heterocycles. The first-order valence-electron chi connectivity index (χ1n) is 9.74. The Morgan fingerprint density at radius 1 is 1.15 bits per heavy atom. The van der Waals surface area contributed by atoms with Crippen LogP contribution in [0.3, 0.4) is 0 Å². The Balaban J connectivity index is 1.18. The van der Waals surface area contributed by atoms with Gasteiger partial charge in [0.2, 0.25) is 0 Å². The molecule has 0 amide bonds. The van der Waals surface area contributed by atoms with Crippen molar-refractivity contribution in [2.75, 3.05) is 13.2 Å². The Labute approximate surface area is 158 Å². The summed E-state index contributed by atoms with van der Waals surface area (Å²) >= 11 is 0. The lowest BCUT2D eigenvalue weighted by Gasteiger charge is -2.28. The number of aryl methyl sites for hydroxylation is 1. The van der Waals surface area contributed by atoms with E-state index in [0.29, 0.717) is 6.04 Å². The number of hydrogen-bond donors (Lipinski definition) is 3. The zero-order chi connectivity index (χ0) is 18.2. The zero-order valence-electron chi connectivity index (χ0n) is 15.3. The molecule has 3 heterocycles. The Morgan fingerprint density at radius 3 is 3.07 bits per heavy atom. The summed E-state index contributed by atoms with van der Waals surface area (Å²) in [5.41, 5.74) is 6.39. The predicted octanol–water partition coefficient (Wildman–Crippen LogP) is 3.44. The number of rotatable bonds is 5. The van der Waals surface area contributed by atoms with E-state index in [1.807, 2.05) is 6.20 Å². The van der Waals surface area contributed by atoms with Gasteiger partial charge >= 0.3 is 0 Å². The Hall–Kier alpha value is -2.37. The van der Waals surface area contributed by atoms with Crippen LogP contribution in [0.5, 0.6) is 5.75 Å². The van der Waals surface area contributed by atoms with Gasteiger partial charge in [-0.1, -0.05) is 6.07 Å². The van der Waals surface area contributed by atoms with Gasteiger partial charge in [0, 0.05) is 41.8 Å². The fourth-order valence-electron chi connectivity index (χ4n) is 4.36. The van der Waals surface area contributed by atoms with Gasteiger partial charge < -0.3 is 20.4 Å². The first kappa shape index (κ1) is 16.8. The van der Waals surface area contributed by atoms with Gasteiger partial charge in [-0.2, -0.15) is 0 Å². The van der Waals surface area contributed by atoms with Crippen LogP contribution in [0.15, 0.2) is 36.5 Å². The number of halogens is 1. The van der Waals surface area contributed by atoms with Crippen molar-refractivity contribution in [1.82, 2.24) is 15.6 Å².